The van der Waals surface area contributed by atoms with Gasteiger partial charge in [-0.3, -0.25) is 15.0 Å². The Morgan fingerprint density at radius 3 is 2.67 bits per heavy atom. The first-order valence-corrected chi connectivity index (χ1v) is 9.42. The van der Waals surface area contributed by atoms with Gasteiger partial charge in [-0.15, -0.1) is 11.8 Å². The van der Waals surface area contributed by atoms with E-state index in [9.17, 15) is 14.4 Å². The highest BCUT2D eigenvalue weighted by Crippen LogP contribution is 2.37. The lowest BCUT2D eigenvalue weighted by atomic mass is 10.1. The molecular formula is C20H16N2O4S. The summed E-state index contributed by atoms with van der Waals surface area (Å²) in [5.74, 6) is -0.628. The van der Waals surface area contributed by atoms with Gasteiger partial charge in [0.15, 0.2) is 0 Å². The van der Waals surface area contributed by atoms with Gasteiger partial charge < -0.3 is 4.42 Å². The maximum Gasteiger partial charge on any atom is 0.349 e. The Morgan fingerprint density at radius 2 is 1.89 bits per heavy atom. The summed E-state index contributed by atoms with van der Waals surface area (Å²) < 4.78 is 5.20. The topological polar surface area (TPSA) is 79.6 Å². The van der Waals surface area contributed by atoms with E-state index >= 15 is 0 Å². The Bertz CT molecular complexity index is 1090. The lowest BCUT2D eigenvalue weighted by Gasteiger charge is -2.24. The van der Waals surface area contributed by atoms with Crippen molar-refractivity contribution < 1.29 is 14.0 Å². The number of carbonyl (C=O) groups is 2. The molecule has 0 saturated carbocycles. The molecule has 4 rings (SSSR count). The number of thioether (sulfide) groups is 1. The van der Waals surface area contributed by atoms with Crippen LogP contribution < -0.4 is 11.1 Å². The van der Waals surface area contributed by atoms with Crippen LogP contribution in [0.15, 0.2) is 63.8 Å². The van der Waals surface area contributed by atoms with Crippen molar-refractivity contribution in [3.05, 3.63) is 81.7 Å². The Hall–Kier alpha value is -3.06. The molecule has 136 valence electrons. The van der Waals surface area contributed by atoms with Crippen LogP contribution in [-0.2, 0) is 4.79 Å². The summed E-state index contributed by atoms with van der Waals surface area (Å²) in [5.41, 5.74) is 4.12. The van der Waals surface area contributed by atoms with E-state index in [1.165, 1.54) is 22.8 Å². The molecule has 2 amide bonds. The molecule has 7 heteroatoms. The van der Waals surface area contributed by atoms with Gasteiger partial charge in [-0.2, -0.15) is 0 Å². The number of benzene rings is 2. The molecule has 27 heavy (non-hydrogen) atoms. The van der Waals surface area contributed by atoms with Crippen LogP contribution in [0.4, 0.5) is 0 Å². The van der Waals surface area contributed by atoms with Crippen molar-refractivity contribution in [1.29, 1.82) is 0 Å². The predicted molar refractivity (Wildman–Crippen MR) is 103 cm³/mol. The summed E-state index contributed by atoms with van der Waals surface area (Å²) in [6.07, 6.45) is 0. The predicted octanol–water partition coefficient (Wildman–Crippen LogP) is 3.02. The molecule has 6 nitrogen and oxygen atoms in total. The molecule has 1 unspecified atom stereocenters. The highest BCUT2D eigenvalue weighted by atomic mass is 32.2. The van der Waals surface area contributed by atoms with Crippen LogP contribution in [0, 0.1) is 6.92 Å². The number of fused-ring (bicyclic) bond motifs is 1. The van der Waals surface area contributed by atoms with E-state index in [2.05, 4.69) is 5.43 Å². The van der Waals surface area contributed by atoms with E-state index in [-0.39, 0.29) is 22.6 Å². The van der Waals surface area contributed by atoms with Gasteiger partial charge in [0.25, 0.3) is 11.8 Å². The fraction of sp³-hybridized carbons (Fsp3) is 0.150. The number of hydrogen-bond acceptors (Lipinski definition) is 5. The van der Waals surface area contributed by atoms with Crippen LogP contribution in [0.3, 0.4) is 0 Å². The molecule has 2 heterocycles. The fourth-order valence-corrected chi connectivity index (χ4v) is 4.02. The lowest BCUT2D eigenvalue weighted by Crippen LogP contribution is -2.45. The van der Waals surface area contributed by atoms with Crippen LogP contribution in [0.25, 0.3) is 11.0 Å². The van der Waals surface area contributed by atoms with Gasteiger partial charge in [-0.05, 0) is 24.6 Å². The summed E-state index contributed by atoms with van der Waals surface area (Å²) in [6.45, 7) is 1.98. The van der Waals surface area contributed by atoms with E-state index in [1.54, 1.807) is 24.3 Å². The number of hydrazine groups is 1. The summed E-state index contributed by atoms with van der Waals surface area (Å²) >= 11 is 1.42. The van der Waals surface area contributed by atoms with E-state index in [1.807, 2.05) is 31.2 Å². The minimum absolute atomic E-state index is 0.138. The third kappa shape index (κ3) is 3.33. The first-order chi connectivity index (χ1) is 13.0. The molecule has 1 saturated heterocycles. The second-order valence-corrected chi connectivity index (χ2v) is 7.33. The minimum atomic E-state index is -0.739. The largest absolute Gasteiger partial charge is 0.422 e. The van der Waals surface area contributed by atoms with Crippen LogP contribution in [0.2, 0.25) is 0 Å². The summed E-state index contributed by atoms with van der Waals surface area (Å²) in [7, 11) is 0. The molecule has 1 fully saturated rings. The standard InChI is InChI=1S/C20H16N2O4S/c1-12-6-8-13(9-7-12)19-22(17(23)11-27-19)21-18(24)15-10-14-4-2-3-5-16(14)26-20(15)25/h2-10,19H,11H2,1H3,(H,21,24). The second-order valence-electron chi connectivity index (χ2n) is 6.26. The minimum Gasteiger partial charge on any atom is -0.422 e. The van der Waals surface area contributed by atoms with Crippen molar-refractivity contribution in [1.82, 2.24) is 10.4 Å². The highest BCUT2D eigenvalue weighted by Gasteiger charge is 2.35. The quantitative estimate of drug-likeness (QED) is 0.707. The Morgan fingerprint density at radius 1 is 1.15 bits per heavy atom. The van der Waals surface area contributed by atoms with E-state index in [0.29, 0.717) is 11.0 Å². The maximum atomic E-state index is 12.7. The first-order valence-electron chi connectivity index (χ1n) is 8.37. The van der Waals surface area contributed by atoms with Gasteiger partial charge >= 0.3 is 5.63 Å². The Labute approximate surface area is 159 Å². The first kappa shape index (κ1) is 17.4. The Balaban J connectivity index is 1.63. The molecule has 0 radical (unpaired) electrons. The molecule has 0 spiro atoms. The van der Waals surface area contributed by atoms with E-state index < -0.39 is 11.5 Å². The zero-order valence-electron chi connectivity index (χ0n) is 14.5. The SMILES string of the molecule is Cc1ccc(C2SCC(=O)N2NC(=O)c2cc3ccccc3oc2=O)cc1. The molecule has 1 aliphatic rings. The number of aryl methyl sites for hydroxylation is 1. The van der Waals surface area contributed by atoms with Gasteiger partial charge in [-0.25, -0.2) is 9.80 Å². The van der Waals surface area contributed by atoms with Crippen LogP contribution in [0.1, 0.15) is 26.9 Å². The zero-order chi connectivity index (χ0) is 19.0. The molecule has 1 atom stereocenters. The van der Waals surface area contributed by atoms with Crippen LogP contribution in [0.5, 0.6) is 0 Å². The molecule has 0 bridgehead atoms. The number of amides is 2. The van der Waals surface area contributed by atoms with Crippen LogP contribution in [-0.4, -0.2) is 22.6 Å². The second kappa shape index (κ2) is 6.92. The van der Waals surface area contributed by atoms with Crippen molar-refractivity contribution >= 4 is 34.5 Å². The number of carbonyl (C=O) groups excluding carboxylic acids is 2. The maximum absolute atomic E-state index is 12.7. The van der Waals surface area contributed by atoms with Crippen LogP contribution >= 0.6 is 11.8 Å². The molecule has 0 aliphatic carbocycles. The van der Waals surface area contributed by atoms with Crippen molar-refractivity contribution in [3.63, 3.8) is 0 Å². The third-order valence-electron chi connectivity index (χ3n) is 4.34. The normalized spacial score (nSPS) is 16.7. The van der Waals surface area contributed by atoms with Gasteiger partial charge in [0, 0.05) is 5.39 Å². The van der Waals surface area contributed by atoms with Crippen molar-refractivity contribution in [3.8, 4) is 0 Å². The van der Waals surface area contributed by atoms with Crippen molar-refractivity contribution in [2.45, 2.75) is 12.3 Å². The molecule has 1 aromatic heterocycles. The summed E-state index contributed by atoms with van der Waals surface area (Å²) in [4.78, 5) is 37.1. The summed E-state index contributed by atoms with van der Waals surface area (Å²) in [5, 5.41) is 1.58. The number of nitrogens with zero attached hydrogens (tertiary/aromatic N) is 1. The molecule has 1 N–H and O–H groups in total. The Kier molecular flexibility index (Phi) is 4.45. The molecule has 2 aromatic carbocycles. The smallest absolute Gasteiger partial charge is 0.349 e. The number of nitrogens with one attached hydrogen (secondary N) is 1. The number of hydrogen-bond donors (Lipinski definition) is 1. The monoisotopic (exact) mass is 380 g/mol. The van der Waals surface area contributed by atoms with Crippen molar-refractivity contribution in [2.24, 2.45) is 0 Å². The molecule has 3 aromatic rings. The average Bonchev–Trinajstić information content (AvgIpc) is 3.02. The van der Waals surface area contributed by atoms with E-state index in [4.69, 9.17) is 4.42 Å². The zero-order valence-corrected chi connectivity index (χ0v) is 15.3. The summed E-state index contributed by atoms with van der Waals surface area (Å²) in [6, 6.07) is 16.2. The number of rotatable bonds is 3. The highest BCUT2D eigenvalue weighted by molar-refractivity contribution is 8.00. The molecule has 1 aliphatic heterocycles. The van der Waals surface area contributed by atoms with Gasteiger partial charge in [0.2, 0.25) is 0 Å². The van der Waals surface area contributed by atoms with Gasteiger partial charge in [0.05, 0.1) is 5.75 Å². The van der Waals surface area contributed by atoms with Crippen molar-refractivity contribution in [2.75, 3.05) is 5.75 Å². The lowest BCUT2D eigenvalue weighted by molar-refractivity contribution is -0.130. The van der Waals surface area contributed by atoms with E-state index in [0.717, 1.165) is 11.1 Å². The van der Waals surface area contributed by atoms with Gasteiger partial charge in [-0.1, -0.05) is 48.0 Å². The average molecular weight is 380 g/mol. The third-order valence-corrected chi connectivity index (χ3v) is 5.55. The molecular weight excluding hydrogens is 364 g/mol. The van der Waals surface area contributed by atoms with Gasteiger partial charge in [0.1, 0.15) is 16.5 Å². The fourth-order valence-electron chi connectivity index (χ4n) is 2.91. The number of para-hydroxylation sites is 1.